The summed E-state index contributed by atoms with van der Waals surface area (Å²) in [5, 5.41) is 10.7. The van der Waals surface area contributed by atoms with Crippen molar-refractivity contribution in [3.63, 3.8) is 0 Å². The predicted octanol–water partition coefficient (Wildman–Crippen LogP) is 2.22. The van der Waals surface area contributed by atoms with Gasteiger partial charge in [0.05, 0.1) is 17.8 Å². The molecule has 3 rings (SSSR count). The summed E-state index contributed by atoms with van der Waals surface area (Å²) in [6, 6.07) is 0. The number of ether oxygens (including phenoxy) is 1. The lowest BCUT2D eigenvalue weighted by Gasteiger charge is -2.47. The molecule has 1 aliphatic carbocycles. The number of aliphatic hydroxyl groups is 1. The van der Waals surface area contributed by atoms with E-state index in [1.54, 1.807) is 0 Å². The van der Waals surface area contributed by atoms with Crippen LogP contribution in [0.2, 0.25) is 0 Å². The van der Waals surface area contributed by atoms with Crippen molar-refractivity contribution in [2.75, 3.05) is 19.7 Å². The third-order valence-corrected chi connectivity index (χ3v) is 5.29. The lowest BCUT2D eigenvalue weighted by Crippen LogP contribution is -2.55. The fourth-order valence-electron chi connectivity index (χ4n) is 3.94. The Morgan fingerprint density at radius 2 is 2.20 bits per heavy atom. The first-order chi connectivity index (χ1) is 9.60. The molecule has 0 aromatic rings. The molecular weight excluding hydrogens is 254 g/mol. The van der Waals surface area contributed by atoms with Gasteiger partial charge in [0, 0.05) is 19.0 Å². The van der Waals surface area contributed by atoms with Crippen LogP contribution in [0.5, 0.6) is 0 Å². The predicted molar refractivity (Wildman–Crippen MR) is 76.0 cm³/mol. The third-order valence-electron chi connectivity index (χ3n) is 5.29. The average Bonchev–Trinajstić information content (AvgIpc) is 2.46. The summed E-state index contributed by atoms with van der Waals surface area (Å²) in [5.74, 6) is 1.19. The summed E-state index contributed by atoms with van der Waals surface area (Å²) in [7, 11) is 0. The Hall–Kier alpha value is -1.03. The van der Waals surface area contributed by atoms with Crippen LogP contribution in [0.3, 0.4) is 0 Å². The Labute approximate surface area is 120 Å². The second kappa shape index (κ2) is 5.40. The minimum atomic E-state index is -0.512. The molecule has 0 bridgehead atoms. The van der Waals surface area contributed by atoms with Gasteiger partial charge in [-0.15, -0.1) is 0 Å². The van der Waals surface area contributed by atoms with Gasteiger partial charge in [0.1, 0.15) is 5.76 Å². The van der Waals surface area contributed by atoms with Crippen LogP contribution in [0.25, 0.3) is 0 Å². The van der Waals surface area contributed by atoms with Crippen LogP contribution in [-0.2, 0) is 9.53 Å². The lowest BCUT2D eigenvalue weighted by atomic mass is 9.71. The molecule has 2 fully saturated rings. The Morgan fingerprint density at radius 1 is 1.35 bits per heavy atom. The highest BCUT2D eigenvalue weighted by Crippen LogP contribution is 2.40. The van der Waals surface area contributed by atoms with Crippen molar-refractivity contribution in [3.8, 4) is 0 Å². The molecule has 0 spiro atoms. The number of hydrogen-bond acceptors (Lipinski definition) is 3. The maximum Gasteiger partial charge on any atom is 0.253 e. The summed E-state index contributed by atoms with van der Waals surface area (Å²) < 4.78 is 5.51. The molecule has 3 aliphatic rings. The van der Waals surface area contributed by atoms with E-state index in [2.05, 4.69) is 0 Å². The van der Waals surface area contributed by atoms with E-state index in [1.165, 1.54) is 6.42 Å². The molecule has 1 amide bonds. The third kappa shape index (κ3) is 2.46. The first-order valence-corrected chi connectivity index (χ1v) is 7.94. The van der Waals surface area contributed by atoms with Crippen molar-refractivity contribution in [2.24, 2.45) is 5.92 Å². The van der Waals surface area contributed by atoms with E-state index in [9.17, 15) is 9.90 Å². The number of carbonyl (C=O) groups is 1. The second-order valence-electron chi connectivity index (χ2n) is 6.53. The zero-order valence-corrected chi connectivity index (χ0v) is 12.4. The van der Waals surface area contributed by atoms with E-state index in [0.29, 0.717) is 13.1 Å². The molecule has 2 unspecified atom stereocenters. The van der Waals surface area contributed by atoms with Crippen LogP contribution in [0.4, 0.5) is 0 Å². The Morgan fingerprint density at radius 3 is 3.00 bits per heavy atom. The molecule has 1 saturated carbocycles. The maximum atomic E-state index is 12.6. The van der Waals surface area contributed by atoms with Gasteiger partial charge in [0.2, 0.25) is 0 Å². The number of likely N-dealkylation sites (tertiary alicyclic amines) is 1. The highest BCUT2D eigenvalue weighted by Gasteiger charge is 2.44. The van der Waals surface area contributed by atoms with Gasteiger partial charge >= 0.3 is 0 Å². The number of fused-ring (bicyclic) bond motifs is 1. The Kier molecular flexibility index (Phi) is 3.76. The molecule has 1 saturated heterocycles. The fraction of sp³-hybridized carbons (Fsp3) is 0.812. The van der Waals surface area contributed by atoms with Crippen molar-refractivity contribution >= 4 is 5.91 Å². The van der Waals surface area contributed by atoms with Gasteiger partial charge in [-0.05, 0) is 39.0 Å². The number of amides is 1. The molecular formula is C16H25NO3. The smallest absolute Gasteiger partial charge is 0.253 e. The van der Waals surface area contributed by atoms with Crippen molar-refractivity contribution < 1.29 is 14.6 Å². The van der Waals surface area contributed by atoms with Crippen LogP contribution in [-0.4, -0.2) is 41.2 Å². The minimum Gasteiger partial charge on any atom is -0.498 e. The molecule has 2 heterocycles. The summed E-state index contributed by atoms with van der Waals surface area (Å²) in [5.41, 5.74) is 0.333. The van der Waals surface area contributed by atoms with E-state index >= 15 is 0 Å². The number of nitrogens with zero attached hydrogens (tertiary/aromatic N) is 1. The molecule has 20 heavy (non-hydrogen) atoms. The van der Waals surface area contributed by atoms with Crippen molar-refractivity contribution in [3.05, 3.63) is 11.3 Å². The summed E-state index contributed by atoms with van der Waals surface area (Å²) >= 11 is 0. The first-order valence-electron chi connectivity index (χ1n) is 7.94. The van der Waals surface area contributed by atoms with Crippen molar-refractivity contribution in [2.45, 2.75) is 57.5 Å². The van der Waals surface area contributed by atoms with Crippen molar-refractivity contribution in [1.29, 1.82) is 0 Å². The summed E-state index contributed by atoms with van der Waals surface area (Å²) in [6.45, 7) is 4.02. The van der Waals surface area contributed by atoms with E-state index in [4.69, 9.17) is 4.74 Å². The molecule has 4 heteroatoms. The van der Waals surface area contributed by atoms with Gasteiger partial charge in [-0.3, -0.25) is 4.79 Å². The zero-order valence-electron chi connectivity index (χ0n) is 12.4. The SMILES string of the molecule is CC1=C(C(=O)N2CCC3(O)CCCCC3C2)CCCO1. The zero-order chi connectivity index (χ0) is 14.2. The molecule has 4 nitrogen and oxygen atoms in total. The van der Waals surface area contributed by atoms with Crippen LogP contribution >= 0.6 is 0 Å². The number of hydrogen-bond donors (Lipinski definition) is 1. The quantitative estimate of drug-likeness (QED) is 0.800. The molecule has 2 atom stereocenters. The van der Waals surface area contributed by atoms with Gasteiger partial charge in [0.25, 0.3) is 5.91 Å². The number of carbonyl (C=O) groups excluding carboxylic acids is 1. The number of allylic oxidation sites excluding steroid dienone is 1. The number of piperidine rings is 1. The molecule has 0 aromatic carbocycles. The lowest BCUT2D eigenvalue weighted by molar-refractivity contribution is -0.140. The summed E-state index contributed by atoms with van der Waals surface area (Å²) in [6.07, 6.45) is 6.75. The monoisotopic (exact) mass is 279 g/mol. The highest BCUT2D eigenvalue weighted by atomic mass is 16.5. The van der Waals surface area contributed by atoms with Gasteiger partial charge < -0.3 is 14.7 Å². The van der Waals surface area contributed by atoms with Crippen LogP contribution < -0.4 is 0 Å². The van der Waals surface area contributed by atoms with E-state index in [0.717, 1.165) is 56.5 Å². The molecule has 0 radical (unpaired) electrons. The maximum absolute atomic E-state index is 12.6. The van der Waals surface area contributed by atoms with E-state index in [1.807, 2.05) is 11.8 Å². The molecule has 112 valence electrons. The average molecular weight is 279 g/mol. The van der Waals surface area contributed by atoms with Crippen LogP contribution in [0, 0.1) is 5.92 Å². The highest BCUT2D eigenvalue weighted by molar-refractivity contribution is 5.94. The van der Waals surface area contributed by atoms with Gasteiger partial charge in [0.15, 0.2) is 0 Å². The normalized spacial score (nSPS) is 34.5. The van der Waals surface area contributed by atoms with E-state index < -0.39 is 5.60 Å². The molecule has 2 aliphatic heterocycles. The van der Waals surface area contributed by atoms with Gasteiger partial charge in [-0.25, -0.2) is 0 Å². The molecule has 1 N–H and O–H groups in total. The van der Waals surface area contributed by atoms with Gasteiger partial charge in [-0.2, -0.15) is 0 Å². The largest absolute Gasteiger partial charge is 0.498 e. The van der Waals surface area contributed by atoms with Crippen LogP contribution in [0.1, 0.15) is 51.9 Å². The Balaban J connectivity index is 1.71. The fourth-order valence-corrected chi connectivity index (χ4v) is 3.94. The number of rotatable bonds is 1. The van der Waals surface area contributed by atoms with E-state index in [-0.39, 0.29) is 11.8 Å². The summed E-state index contributed by atoms with van der Waals surface area (Å²) in [4.78, 5) is 14.6. The first kappa shape index (κ1) is 13.9. The topological polar surface area (TPSA) is 49.8 Å². The van der Waals surface area contributed by atoms with Gasteiger partial charge in [-0.1, -0.05) is 12.8 Å². The van der Waals surface area contributed by atoms with Crippen LogP contribution in [0.15, 0.2) is 11.3 Å². The second-order valence-corrected chi connectivity index (χ2v) is 6.53. The minimum absolute atomic E-state index is 0.134. The Bertz CT molecular complexity index is 431. The molecule has 0 aromatic heterocycles. The van der Waals surface area contributed by atoms with Crippen molar-refractivity contribution in [1.82, 2.24) is 4.90 Å². The standard InChI is InChI=1S/C16H25NO3/c1-12-14(6-4-10-20-12)15(18)17-9-8-16(19)7-3-2-5-13(16)11-17/h13,19H,2-11H2,1H3.